The second-order valence-corrected chi connectivity index (χ2v) is 4.92. The van der Waals surface area contributed by atoms with E-state index >= 15 is 0 Å². The van der Waals surface area contributed by atoms with Gasteiger partial charge >= 0.3 is 0 Å². The summed E-state index contributed by atoms with van der Waals surface area (Å²) in [4.78, 5) is 10.6. The quantitative estimate of drug-likeness (QED) is 0.775. The van der Waals surface area contributed by atoms with E-state index in [2.05, 4.69) is 26.0 Å². The summed E-state index contributed by atoms with van der Waals surface area (Å²) in [5.41, 5.74) is 4.14. The number of aldehydes is 1. The lowest BCUT2D eigenvalue weighted by Crippen LogP contribution is -1.97. The van der Waals surface area contributed by atoms with E-state index in [4.69, 9.17) is 16.3 Å². The van der Waals surface area contributed by atoms with E-state index in [-0.39, 0.29) is 0 Å². The minimum Gasteiger partial charge on any atom is -0.487 e. The van der Waals surface area contributed by atoms with Crippen LogP contribution in [0.2, 0.25) is 5.02 Å². The van der Waals surface area contributed by atoms with E-state index in [0.29, 0.717) is 22.9 Å². The Kier molecular flexibility index (Phi) is 4.23. The highest BCUT2D eigenvalue weighted by molar-refractivity contribution is 6.32. The van der Waals surface area contributed by atoms with Crippen molar-refractivity contribution in [3.05, 3.63) is 63.7 Å². The smallest absolute Gasteiger partial charge is 0.150 e. The molecule has 2 rings (SSSR count). The third kappa shape index (κ3) is 3.36. The molecule has 2 aromatic carbocycles. The molecular weight excluding hydrogens is 260 g/mol. The van der Waals surface area contributed by atoms with Crippen molar-refractivity contribution in [3.63, 3.8) is 0 Å². The molecule has 0 fully saturated rings. The van der Waals surface area contributed by atoms with E-state index < -0.39 is 0 Å². The first-order valence-electron chi connectivity index (χ1n) is 6.04. The minimum atomic E-state index is 0.452. The van der Waals surface area contributed by atoms with Gasteiger partial charge in [0, 0.05) is 5.56 Å². The third-order valence-electron chi connectivity index (χ3n) is 3.06. The fourth-order valence-corrected chi connectivity index (χ4v) is 2.01. The van der Waals surface area contributed by atoms with Crippen LogP contribution in [-0.2, 0) is 6.61 Å². The highest BCUT2D eigenvalue weighted by Gasteiger charge is 2.04. The maximum Gasteiger partial charge on any atom is 0.150 e. The van der Waals surface area contributed by atoms with Gasteiger partial charge in [0.1, 0.15) is 18.6 Å². The second kappa shape index (κ2) is 5.89. The molecule has 0 saturated carbocycles. The average Bonchev–Trinajstić information content (AvgIpc) is 2.41. The van der Waals surface area contributed by atoms with Gasteiger partial charge in [-0.1, -0.05) is 29.8 Å². The molecule has 2 aromatic rings. The summed E-state index contributed by atoms with van der Waals surface area (Å²) >= 11 is 6.05. The van der Waals surface area contributed by atoms with E-state index in [1.807, 2.05) is 6.07 Å². The molecule has 3 heteroatoms. The van der Waals surface area contributed by atoms with Crippen LogP contribution in [0.1, 0.15) is 27.0 Å². The molecule has 19 heavy (non-hydrogen) atoms. The maximum absolute atomic E-state index is 10.6. The van der Waals surface area contributed by atoms with Crippen LogP contribution < -0.4 is 4.74 Å². The monoisotopic (exact) mass is 274 g/mol. The van der Waals surface area contributed by atoms with Crippen LogP contribution in [0.4, 0.5) is 0 Å². The molecular formula is C16H15ClO2. The lowest BCUT2D eigenvalue weighted by molar-refractivity contribution is 0.112. The van der Waals surface area contributed by atoms with Crippen LogP contribution in [0, 0.1) is 13.8 Å². The third-order valence-corrected chi connectivity index (χ3v) is 3.35. The van der Waals surface area contributed by atoms with Crippen molar-refractivity contribution in [2.24, 2.45) is 0 Å². The van der Waals surface area contributed by atoms with Gasteiger partial charge in [0.05, 0.1) is 5.02 Å². The Morgan fingerprint density at radius 3 is 2.53 bits per heavy atom. The number of hydrogen-bond donors (Lipinski definition) is 0. The summed E-state index contributed by atoms with van der Waals surface area (Å²) in [6.45, 7) is 4.61. The molecule has 2 nitrogen and oxygen atoms in total. The Morgan fingerprint density at radius 1 is 1.11 bits per heavy atom. The van der Waals surface area contributed by atoms with Crippen molar-refractivity contribution in [1.82, 2.24) is 0 Å². The predicted molar refractivity (Wildman–Crippen MR) is 77.1 cm³/mol. The summed E-state index contributed by atoms with van der Waals surface area (Å²) in [5.74, 6) is 0.588. The van der Waals surface area contributed by atoms with Crippen molar-refractivity contribution in [2.45, 2.75) is 20.5 Å². The van der Waals surface area contributed by atoms with Crippen molar-refractivity contribution in [3.8, 4) is 5.75 Å². The van der Waals surface area contributed by atoms with E-state index in [1.54, 1.807) is 18.2 Å². The van der Waals surface area contributed by atoms with Crippen LogP contribution in [0.15, 0.2) is 36.4 Å². The Labute approximate surface area is 118 Å². The number of halogens is 1. The van der Waals surface area contributed by atoms with Crippen LogP contribution in [0.5, 0.6) is 5.75 Å². The number of hydrogen-bond acceptors (Lipinski definition) is 2. The molecule has 0 amide bonds. The number of ether oxygens (including phenoxy) is 1. The Hall–Kier alpha value is -1.80. The number of carbonyl (C=O) groups excluding carboxylic acids is 1. The molecule has 98 valence electrons. The maximum atomic E-state index is 10.6. The molecule has 0 unspecified atom stereocenters. The Bertz CT molecular complexity index is 606. The Morgan fingerprint density at radius 2 is 1.89 bits per heavy atom. The molecule has 0 radical (unpaired) electrons. The van der Waals surface area contributed by atoms with Gasteiger partial charge in [-0.15, -0.1) is 0 Å². The first-order valence-corrected chi connectivity index (χ1v) is 6.41. The molecule has 0 saturated heterocycles. The Balaban J connectivity index is 2.09. The van der Waals surface area contributed by atoms with Gasteiger partial charge in [-0.05, 0) is 48.7 Å². The highest BCUT2D eigenvalue weighted by atomic mass is 35.5. The van der Waals surface area contributed by atoms with Gasteiger partial charge in [-0.2, -0.15) is 0 Å². The molecule has 0 aliphatic rings. The van der Waals surface area contributed by atoms with Gasteiger partial charge in [0.15, 0.2) is 0 Å². The zero-order valence-corrected chi connectivity index (χ0v) is 11.7. The van der Waals surface area contributed by atoms with Crippen molar-refractivity contribution in [1.29, 1.82) is 0 Å². The number of carbonyl (C=O) groups is 1. The molecule has 0 atom stereocenters. The first-order chi connectivity index (χ1) is 9.10. The standard InChI is InChI=1S/C16H15ClO2/c1-11-3-4-14(7-12(11)2)10-19-16-6-5-13(9-18)8-15(16)17/h3-9H,10H2,1-2H3. The van der Waals surface area contributed by atoms with Gasteiger partial charge in [0.25, 0.3) is 0 Å². The summed E-state index contributed by atoms with van der Waals surface area (Å²) in [6, 6.07) is 11.2. The zero-order chi connectivity index (χ0) is 13.8. The summed E-state index contributed by atoms with van der Waals surface area (Å²) in [6.07, 6.45) is 0.763. The minimum absolute atomic E-state index is 0.452. The molecule has 0 heterocycles. The molecule has 0 bridgehead atoms. The molecule has 0 aromatic heterocycles. The summed E-state index contributed by atoms with van der Waals surface area (Å²) in [5, 5.41) is 0.452. The molecule has 0 N–H and O–H groups in total. The zero-order valence-electron chi connectivity index (χ0n) is 10.9. The molecule has 0 aliphatic carbocycles. The summed E-state index contributed by atoms with van der Waals surface area (Å²) in [7, 11) is 0. The van der Waals surface area contributed by atoms with Gasteiger partial charge < -0.3 is 4.74 Å². The number of rotatable bonds is 4. The number of aryl methyl sites for hydroxylation is 2. The fraction of sp³-hybridized carbons (Fsp3) is 0.188. The highest BCUT2D eigenvalue weighted by Crippen LogP contribution is 2.26. The van der Waals surface area contributed by atoms with Crippen molar-refractivity contribution in [2.75, 3.05) is 0 Å². The lowest BCUT2D eigenvalue weighted by Gasteiger charge is -2.09. The largest absolute Gasteiger partial charge is 0.487 e. The second-order valence-electron chi connectivity index (χ2n) is 4.51. The van der Waals surface area contributed by atoms with Crippen molar-refractivity contribution < 1.29 is 9.53 Å². The van der Waals surface area contributed by atoms with Crippen molar-refractivity contribution >= 4 is 17.9 Å². The van der Waals surface area contributed by atoms with Crippen LogP contribution >= 0.6 is 11.6 Å². The molecule has 0 aliphatic heterocycles. The average molecular weight is 275 g/mol. The SMILES string of the molecule is Cc1ccc(COc2ccc(C=O)cc2Cl)cc1C. The predicted octanol–water partition coefficient (Wildman–Crippen LogP) is 4.35. The van der Waals surface area contributed by atoms with E-state index in [9.17, 15) is 4.79 Å². The number of benzene rings is 2. The van der Waals surface area contributed by atoms with Crippen LogP contribution in [0.3, 0.4) is 0 Å². The lowest BCUT2D eigenvalue weighted by atomic mass is 10.1. The fourth-order valence-electron chi connectivity index (χ4n) is 1.76. The van der Waals surface area contributed by atoms with Gasteiger partial charge in [-0.3, -0.25) is 4.79 Å². The topological polar surface area (TPSA) is 26.3 Å². The van der Waals surface area contributed by atoms with Crippen LogP contribution in [0.25, 0.3) is 0 Å². The first kappa shape index (κ1) is 13.6. The molecule has 0 spiro atoms. The summed E-state index contributed by atoms with van der Waals surface area (Å²) < 4.78 is 5.67. The van der Waals surface area contributed by atoms with E-state index in [0.717, 1.165) is 11.8 Å². The van der Waals surface area contributed by atoms with Crippen LogP contribution in [-0.4, -0.2) is 6.29 Å². The normalized spacial score (nSPS) is 10.3. The van der Waals surface area contributed by atoms with Gasteiger partial charge in [-0.25, -0.2) is 0 Å². The van der Waals surface area contributed by atoms with E-state index in [1.165, 1.54) is 11.1 Å². The van der Waals surface area contributed by atoms with Gasteiger partial charge in [0.2, 0.25) is 0 Å².